The van der Waals surface area contributed by atoms with E-state index in [-0.39, 0.29) is 12.5 Å². The Morgan fingerprint density at radius 1 is 0.806 bits per heavy atom. The van der Waals surface area contributed by atoms with E-state index in [1.165, 1.54) is 19.8 Å². The highest BCUT2D eigenvalue weighted by atomic mass is 16.5. The Bertz CT molecular complexity index is 838. The smallest absolute Gasteiger partial charge is 0.260 e. The van der Waals surface area contributed by atoms with Gasteiger partial charge >= 0.3 is 0 Å². The second-order valence-electron chi connectivity index (χ2n) is 7.15. The van der Waals surface area contributed by atoms with Crippen LogP contribution in [0.1, 0.15) is 5.56 Å². The summed E-state index contributed by atoms with van der Waals surface area (Å²) in [5.74, 6) is 2.75. The van der Waals surface area contributed by atoms with Gasteiger partial charge in [0.1, 0.15) is 11.5 Å². The molecule has 31 heavy (non-hydrogen) atoms. The molecule has 0 bridgehead atoms. The topological polar surface area (TPSA) is 69.7 Å². The molecule has 1 fully saturated rings. The van der Waals surface area contributed by atoms with Gasteiger partial charge in [-0.15, -0.1) is 0 Å². The van der Waals surface area contributed by atoms with Crippen molar-refractivity contribution in [2.75, 3.05) is 61.2 Å². The molecule has 2 aromatic carbocycles. The summed E-state index contributed by atoms with van der Waals surface area (Å²) in [4.78, 5) is 16.8. The molecular weight excluding hydrogens is 400 g/mol. The fourth-order valence-electron chi connectivity index (χ4n) is 3.52. The van der Waals surface area contributed by atoms with E-state index in [0.717, 1.165) is 25.4 Å². The minimum atomic E-state index is -0.0445. The van der Waals surface area contributed by atoms with E-state index in [4.69, 9.17) is 23.7 Å². The van der Waals surface area contributed by atoms with E-state index >= 15 is 0 Å². The third-order valence-corrected chi connectivity index (χ3v) is 5.29. The summed E-state index contributed by atoms with van der Waals surface area (Å²) in [7, 11) is 6.28. The maximum Gasteiger partial charge on any atom is 0.260 e. The van der Waals surface area contributed by atoms with Gasteiger partial charge in [-0.3, -0.25) is 9.69 Å². The summed E-state index contributed by atoms with van der Waals surface area (Å²) in [6, 6.07) is 11.4. The largest absolute Gasteiger partial charge is 0.497 e. The Morgan fingerprint density at radius 3 is 1.94 bits per heavy atom. The zero-order valence-electron chi connectivity index (χ0n) is 18.6. The van der Waals surface area contributed by atoms with Gasteiger partial charge in [0, 0.05) is 44.9 Å². The minimum absolute atomic E-state index is 0.0437. The fourth-order valence-corrected chi connectivity index (χ4v) is 3.52. The van der Waals surface area contributed by atoms with Crippen LogP contribution in [0.15, 0.2) is 36.4 Å². The molecule has 1 amide bonds. The summed E-state index contributed by atoms with van der Waals surface area (Å²) in [5, 5.41) is 0. The number of hydrogen-bond acceptors (Lipinski definition) is 7. The van der Waals surface area contributed by atoms with E-state index in [1.54, 1.807) is 26.4 Å². The Hall–Kier alpha value is -3.13. The number of benzene rings is 2. The first-order valence-corrected chi connectivity index (χ1v) is 10.1. The van der Waals surface area contributed by atoms with E-state index in [9.17, 15) is 4.79 Å². The average Bonchev–Trinajstić information content (AvgIpc) is 2.82. The lowest BCUT2D eigenvalue weighted by Crippen LogP contribution is -2.49. The molecular formula is C23H30N2O6. The van der Waals surface area contributed by atoms with E-state index < -0.39 is 0 Å². The second-order valence-corrected chi connectivity index (χ2v) is 7.15. The fraction of sp³-hybridized carbons (Fsp3) is 0.435. The molecule has 0 radical (unpaired) electrons. The van der Waals surface area contributed by atoms with Crippen LogP contribution in [0.2, 0.25) is 0 Å². The summed E-state index contributed by atoms with van der Waals surface area (Å²) in [5.41, 5.74) is 1.23. The lowest BCUT2D eigenvalue weighted by Gasteiger charge is -2.34. The maximum absolute atomic E-state index is 12.6. The summed E-state index contributed by atoms with van der Waals surface area (Å²) in [6.07, 6.45) is 0. The van der Waals surface area contributed by atoms with Crippen molar-refractivity contribution < 1.29 is 28.5 Å². The van der Waals surface area contributed by atoms with Crippen LogP contribution in [0.25, 0.3) is 0 Å². The van der Waals surface area contributed by atoms with Crippen LogP contribution in [0.4, 0.5) is 0 Å². The molecule has 168 valence electrons. The number of carbonyl (C=O) groups is 1. The zero-order chi connectivity index (χ0) is 22.2. The number of piperazine rings is 1. The second kappa shape index (κ2) is 10.8. The first-order valence-electron chi connectivity index (χ1n) is 10.1. The van der Waals surface area contributed by atoms with Gasteiger partial charge in [-0.2, -0.15) is 0 Å². The van der Waals surface area contributed by atoms with Gasteiger partial charge in [0.25, 0.3) is 5.91 Å². The molecule has 2 aromatic rings. The van der Waals surface area contributed by atoms with Gasteiger partial charge in [0.2, 0.25) is 5.75 Å². The molecule has 0 N–H and O–H groups in total. The van der Waals surface area contributed by atoms with Crippen molar-refractivity contribution in [1.82, 2.24) is 9.80 Å². The summed E-state index contributed by atoms with van der Waals surface area (Å²) >= 11 is 0. The molecule has 0 aliphatic carbocycles. The quantitative estimate of drug-likeness (QED) is 0.605. The molecule has 0 spiro atoms. The van der Waals surface area contributed by atoms with Crippen LogP contribution < -0.4 is 23.7 Å². The van der Waals surface area contributed by atoms with Crippen LogP contribution in [-0.2, 0) is 11.3 Å². The number of amides is 1. The van der Waals surface area contributed by atoms with E-state index in [2.05, 4.69) is 17.0 Å². The molecule has 0 atom stereocenters. The van der Waals surface area contributed by atoms with Crippen molar-refractivity contribution in [3.8, 4) is 28.7 Å². The molecule has 1 saturated heterocycles. The van der Waals surface area contributed by atoms with Crippen LogP contribution in [0, 0.1) is 0 Å². The zero-order valence-corrected chi connectivity index (χ0v) is 18.6. The number of methoxy groups -OCH3 is 4. The Balaban J connectivity index is 1.50. The molecule has 3 rings (SSSR count). The van der Waals surface area contributed by atoms with Gasteiger partial charge in [-0.25, -0.2) is 0 Å². The highest BCUT2D eigenvalue weighted by Gasteiger charge is 2.22. The van der Waals surface area contributed by atoms with Gasteiger partial charge in [-0.1, -0.05) is 12.1 Å². The molecule has 8 nitrogen and oxygen atoms in total. The SMILES string of the molecule is COc1ccc(CN2CCN(C(=O)COc3cc(OC)c(OC)c(OC)c3)CC2)cc1. The monoisotopic (exact) mass is 430 g/mol. The molecule has 8 heteroatoms. The van der Waals surface area contributed by atoms with Crippen molar-refractivity contribution >= 4 is 5.91 Å². The standard InChI is InChI=1S/C23H30N2O6/c1-27-18-7-5-17(6-8-18)15-24-9-11-25(12-10-24)22(26)16-31-19-13-20(28-2)23(30-4)21(14-19)29-3/h5-8,13-14H,9-12,15-16H2,1-4H3. The lowest BCUT2D eigenvalue weighted by molar-refractivity contribution is -0.135. The summed E-state index contributed by atoms with van der Waals surface area (Å²) in [6.45, 7) is 3.80. The molecule has 1 heterocycles. The molecule has 1 aliphatic heterocycles. The molecule has 0 saturated carbocycles. The van der Waals surface area contributed by atoms with Crippen LogP contribution in [-0.4, -0.2) is 76.9 Å². The normalized spacial score (nSPS) is 14.1. The highest BCUT2D eigenvalue weighted by molar-refractivity contribution is 5.78. The van der Waals surface area contributed by atoms with Crippen molar-refractivity contribution in [3.05, 3.63) is 42.0 Å². The van der Waals surface area contributed by atoms with Gasteiger partial charge in [0.15, 0.2) is 18.1 Å². The third-order valence-electron chi connectivity index (χ3n) is 5.29. The average molecular weight is 431 g/mol. The first-order chi connectivity index (χ1) is 15.1. The van der Waals surface area contributed by atoms with Crippen molar-refractivity contribution in [3.63, 3.8) is 0 Å². The maximum atomic E-state index is 12.6. The van der Waals surface area contributed by atoms with Gasteiger partial charge in [0.05, 0.1) is 28.4 Å². The Labute approximate surface area is 183 Å². The number of carbonyl (C=O) groups excluding carboxylic acids is 1. The lowest BCUT2D eigenvalue weighted by atomic mass is 10.2. The number of hydrogen-bond donors (Lipinski definition) is 0. The number of ether oxygens (including phenoxy) is 5. The predicted molar refractivity (Wildman–Crippen MR) is 116 cm³/mol. The molecule has 0 aromatic heterocycles. The van der Waals surface area contributed by atoms with E-state index in [1.807, 2.05) is 17.0 Å². The van der Waals surface area contributed by atoms with E-state index in [0.29, 0.717) is 36.1 Å². The highest BCUT2D eigenvalue weighted by Crippen LogP contribution is 2.40. The molecule has 0 unspecified atom stereocenters. The van der Waals surface area contributed by atoms with Gasteiger partial charge < -0.3 is 28.6 Å². The third kappa shape index (κ3) is 5.73. The number of nitrogens with zero attached hydrogens (tertiary/aromatic N) is 2. The van der Waals surface area contributed by atoms with Crippen molar-refractivity contribution in [1.29, 1.82) is 0 Å². The van der Waals surface area contributed by atoms with Crippen molar-refractivity contribution in [2.45, 2.75) is 6.54 Å². The Kier molecular flexibility index (Phi) is 7.83. The number of rotatable bonds is 9. The van der Waals surface area contributed by atoms with Crippen LogP contribution in [0.3, 0.4) is 0 Å². The minimum Gasteiger partial charge on any atom is -0.497 e. The Morgan fingerprint density at radius 2 is 1.42 bits per heavy atom. The summed E-state index contributed by atoms with van der Waals surface area (Å²) < 4.78 is 26.9. The van der Waals surface area contributed by atoms with Crippen molar-refractivity contribution in [2.24, 2.45) is 0 Å². The molecule has 1 aliphatic rings. The van der Waals surface area contributed by atoms with Gasteiger partial charge in [-0.05, 0) is 17.7 Å². The predicted octanol–water partition coefficient (Wildman–Crippen LogP) is 2.44. The first kappa shape index (κ1) is 22.6. The van der Waals surface area contributed by atoms with Crippen LogP contribution >= 0.6 is 0 Å². The van der Waals surface area contributed by atoms with Crippen LogP contribution in [0.5, 0.6) is 28.7 Å².